The van der Waals surface area contributed by atoms with Crippen molar-refractivity contribution in [2.45, 2.75) is 6.92 Å². The predicted octanol–water partition coefficient (Wildman–Crippen LogP) is 0.0523. The van der Waals surface area contributed by atoms with Crippen LogP contribution in [0.4, 0.5) is 0 Å². The molecular formula is C12H15N3O3. The molecule has 6 nitrogen and oxygen atoms in total. The van der Waals surface area contributed by atoms with E-state index in [1.807, 2.05) is 6.92 Å². The summed E-state index contributed by atoms with van der Waals surface area (Å²) < 4.78 is 5.32. The number of hydrogen-bond acceptors (Lipinski definition) is 4. The first-order chi connectivity index (χ1) is 8.72. The van der Waals surface area contributed by atoms with E-state index in [0.29, 0.717) is 31.1 Å². The van der Waals surface area contributed by atoms with Gasteiger partial charge in [0.05, 0.1) is 13.2 Å². The van der Waals surface area contributed by atoms with Gasteiger partial charge in [-0.3, -0.25) is 9.59 Å². The fraction of sp³-hybridized carbons (Fsp3) is 0.417. The monoisotopic (exact) mass is 249 g/mol. The minimum Gasteiger partial charge on any atom is -0.477 e. The Morgan fingerprint density at radius 1 is 1.61 bits per heavy atom. The second kappa shape index (κ2) is 5.48. The highest BCUT2D eigenvalue weighted by Gasteiger charge is 2.24. The smallest absolute Gasteiger partial charge is 0.259 e. The molecule has 18 heavy (non-hydrogen) atoms. The van der Waals surface area contributed by atoms with Gasteiger partial charge in [0.15, 0.2) is 0 Å². The molecule has 0 bridgehead atoms. The van der Waals surface area contributed by atoms with Gasteiger partial charge in [-0.05, 0) is 19.1 Å². The zero-order valence-corrected chi connectivity index (χ0v) is 10.2. The van der Waals surface area contributed by atoms with E-state index in [1.165, 1.54) is 4.90 Å². The number of piperazine rings is 1. The van der Waals surface area contributed by atoms with Crippen LogP contribution in [0, 0.1) is 0 Å². The van der Waals surface area contributed by atoms with E-state index in [4.69, 9.17) is 4.74 Å². The Balaban J connectivity index is 2.19. The standard InChI is InChI=1S/C12H15N3O3/c1-2-18-11-9(4-3-5-14-11)12(17)15-7-6-13-10(16)8-15/h3-5H,2,6-8H2,1H3,(H,13,16). The molecule has 2 heterocycles. The van der Waals surface area contributed by atoms with Crippen molar-refractivity contribution in [3.05, 3.63) is 23.9 Å². The van der Waals surface area contributed by atoms with Crippen molar-refractivity contribution in [2.24, 2.45) is 0 Å². The molecule has 1 saturated heterocycles. The summed E-state index contributed by atoms with van der Waals surface area (Å²) in [6, 6.07) is 3.34. The normalized spacial score (nSPS) is 15.2. The zero-order valence-electron chi connectivity index (χ0n) is 10.2. The lowest BCUT2D eigenvalue weighted by molar-refractivity contribution is -0.123. The first-order valence-electron chi connectivity index (χ1n) is 5.86. The molecule has 96 valence electrons. The summed E-state index contributed by atoms with van der Waals surface area (Å²) in [5.74, 6) is -0.0474. The van der Waals surface area contributed by atoms with E-state index >= 15 is 0 Å². The highest BCUT2D eigenvalue weighted by Crippen LogP contribution is 2.17. The molecule has 2 rings (SSSR count). The van der Waals surface area contributed by atoms with Crippen LogP contribution < -0.4 is 10.1 Å². The third kappa shape index (κ3) is 2.58. The van der Waals surface area contributed by atoms with Gasteiger partial charge in [0.2, 0.25) is 11.8 Å². The Hall–Kier alpha value is -2.11. The summed E-state index contributed by atoms with van der Waals surface area (Å²) in [5.41, 5.74) is 0.397. The Morgan fingerprint density at radius 3 is 3.17 bits per heavy atom. The van der Waals surface area contributed by atoms with Crippen LogP contribution in [0.3, 0.4) is 0 Å². The number of amides is 2. The molecule has 0 atom stereocenters. The lowest BCUT2D eigenvalue weighted by Crippen LogP contribution is -2.50. The van der Waals surface area contributed by atoms with Gasteiger partial charge in [0.1, 0.15) is 5.56 Å². The lowest BCUT2D eigenvalue weighted by atomic mass is 10.2. The number of pyridine rings is 1. The summed E-state index contributed by atoms with van der Waals surface area (Å²) in [6.07, 6.45) is 1.57. The van der Waals surface area contributed by atoms with Crippen LogP contribution in [0.15, 0.2) is 18.3 Å². The Labute approximate surface area is 105 Å². The van der Waals surface area contributed by atoms with Gasteiger partial charge in [0.25, 0.3) is 5.91 Å². The molecule has 0 aliphatic carbocycles. The Morgan fingerprint density at radius 2 is 2.44 bits per heavy atom. The number of carbonyl (C=O) groups excluding carboxylic acids is 2. The number of nitrogens with one attached hydrogen (secondary N) is 1. The maximum Gasteiger partial charge on any atom is 0.259 e. The second-order valence-electron chi connectivity index (χ2n) is 3.87. The molecule has 0 aromatic carbocycles. The minimum atomic E-state index is -0.221. The van der Waals surface area contributed by atoms with Gasteiger partial charge >= 0.3 is 0 Å². The van der Waals surface area contributed by atoms with Crippen LogP contribution in [0.5, 0.6) is 5.88 Å². The van der Waals surface area contributed by atoms with Crippen molar-refractivity contribution in [3.63, 3.8) is 0 Å². The zero-order chi connectivity index (χ0) is 13.0. The van der Waals surface area contributed by atoms with E-state index in [9.17, 15) is 9.59 Å². The number of aromatic nitrogens is 1. The van der Waals surface area contributed by atoms with Gasteiger partial charge in [0, 0.05) is 19.3 Å². The molecule has 1 N–H and O–H groups in total. The van der Waals surface area contributed by atoms with E-state index in [1.54, 1.807) is 18.3 Å². The van der Waals surface area contributed by atoms with E-state index in [2.05, 4.69) is 10.3 Å². The maximum absolute atomic E-state index is 12.3. The summed E-state index contributed by atoms with van der Waals surface area (Å²) in [7, 11) is 0. The van der Waals surface area contributed by atoms with Crippen molar-refractivity contribution in [3.8, 4) is 5.88 Å². The van der Waals surface area contributed by atoms with Crippen molar-refractivity contribution < 1.29 is 14.3 Å². The lowest BCUT2D eigenvalue weighted by Gasteiger charge is -2.27. The molecule has 1 aliphatic rings. The molecule has 0 radical (unpaired) electrons. The largest absolute Gasteiger partial charge is 0.477 e. The molecule has 1 aromatic heterocycles. The van der Waals surface area contributed by atoms with Crippen LogP contribution in [0.25, 0.3) is 0 Å². The molecule has 6 heteroatoms. The summed E-state index contributed by atoms with van der Waals surface area (Å²) in [4.78, 5) is 29.1. The SMILES string of the molecule is CCOc1ncccc1C(=O)N1CCNC(=O)C1. The van der Waals surface area contributed by atoms with Crippen molar-refractivity contribution in [1.82, 2.24) is 15.2 Å². The molecular weight excluding hydrogens is 234 g/mol. The van der Waals surface area contributed by atoms with Crippen molar-refractivity contribution in [2.75, 3.05) is 26.2 Å². The van der Waals surface area contributed by atoms with Crippen molar-refractivity contribution >= 4 is 11.8 Å². The van der Waals surface area contributed by atoms with Crippen LogP contribution in [0.2, 0.25) is 0 Å². The first-order valence-corrected chi connectivity index (χ1v) is 5.86. The molecule has 1 aromatic rings. The number of rotatable bonds is 3. The van der Waals surface area contributed by atoms with Gasteiger partial charge < -0.3 is 15.0 Å². The molecule has 0 unspecified atom stereocenters. The van der Waals surface area contributed by atoms with Crippen LogP contribution in [-0.4, -0.2) is 47.9 Å². The minimum absolute atomic E-state index is 0.0826. The quantitative estimate of drug-likeness (QED) is 0.821. The molecule has 0 saturated carbocycles. The molecule has 1 aliphatic heterocycles. The van der Waals surface area contributed by atoms with Gasteiger partial charge in [-0.15, -0.1) is 0 Å². The second-order valence-corrected chi connectivity index (χ2v) is 3.87. The van der Waals surface area contributed by atoms with Crippen molar-refractivity contribution in [1.29, 1.82) is 0 Å². The Bertz CT molecular complexity index is 462. The highest BCUT2D eigenvalue weighted by atomic mass is 16.5. The van der Waals surface area contributed by atoms with Gasteiger partial charge in [-0.1, -0.05) is 0 Å². The third-order valence-corrected chi connectivity index (χ3v) is 2.61. The average Bonchev–Trinajstić information content (AvgIpc) is 2.39. The predicted molar refractivity (Wildman–Crippen MR) is 64.3 cm³/mol. The number of carbonyl (C=O) groups is 2. The van der Waals surface area contributed by atoms with Gasteiger partial charge in [-0.25, -0.2) is 4.98 Å². The summed E-state index contributed by atoms with van der Waals surface area (Å²) in [6.45, 7) is 3.34. The maximum atomic E-state index is 12.3. The van der Waals surface area contributed by atoms with Gasteiger partial charge in [-0.2, -0.15) is 0 Å². The summed E-state index contributed by atoms with van der Waals surface area (Å²) >= 11 is 0. The molecule has 0 spiro atoms. The fourth-order valence-corrected chi connectivity index (χ4v) is 1.79. The topological polar surface area (TPSA) is 71.5 Å². The first kappa shape index (κ1) is 12.3. The number of hydrogen-bond donors (Lipinski definition) is 1. The number of ether oxygens (including phenoxy) is 1. The van der Waals surface area contributed by atoms with E-state index < -0.39 is 0 Å². The molecule has 1 fully saturated rings. The van der Waals surface area contributed by atoms with E-state index in [0.717, 1.165) is 0 Å². The van der Waals surface area contributed by atoms with Crippen LogP contribution >= 0.6 is 0 Å². The summed E-state index contributed by atoms with van der Waals surface area (Å²) in [5, 5.41) is 2.68. The average molecular weight is 249 g/mol. The highest BCUT2D eigenvalue weighted by molar-refractivity contribution is 5.98. The fourth-order valence-electron chi connectivity index (χ4n) is 1.79. The van der Waals surface area contributed by atoms with Crippen LogP contribution in [-0.2, 0) is 4.79 Å². The Kier molecular flexibility index (Phi) is 3.76. The van der Waals surface area contributed by atoms with Crippen LogP contribution in [0.1, 0.15) is 17.3 Å². The van der Waals surface area contributed by atoms with E-state index in [-0.39, 0.29) is 18.4 Å². The third-order valence-electron chi connectivity index (χ3n) is 2.61. The molecule has 2 amide bonds. The number of nitrogens with zero attached hydrogens (tertiary/aromatic N) is 2.